The molecule has 0 aromatic carbocycles. The molecule has 108 valence electrons. The number of nitrogens with zero attached hydrogens (tertiary/aromatic N) is 4. The molecule has 0 fully saturated rings. The van der Waals surface area contributed by atoms with E-state index in [0.29, 0.717) is 0 Å². The van der Waals surface area contributed by atoms with Gasteiger partial charge in [-0.1, -0.05) is 12.1 Å². The van der Waals surface area contributed by atoms with Gasteiger partial charge in [-0.2, -0.15) is 5.10 Å². The number of fused-ring (bicyclic) bond motifs is 1. The summed E-state index contributed by atoms with van der Waals surface area (Å²) in [5.74, 6) is 0. The lowest BCUT2D eigenvalue weighted by molar-refractivity contribution is 0.682. The van der Waals surface area contributed by atoms with Crippen molar-refractivity contribution in [3.8, 4) is 11.4 Å². The molecule has 5 heteroatoms. The summed E-state index contributed by atoms with van der Waals surface area (Å²) in [6.45, 7) is 0.733. The van der Waals surface area contributed by atoms with Crippen molar-refractivity contribution in [3.05, 3.63) is 76.4 Å². The quantitative estimate of drug-likeness (QED) is 0.490. The van der Waals surface area contributed by atoms with Crippen LogP contribution >= 0.6 is 22.6 Å². The third-order valence-electron chi connectivity index (χ3n) is 3.61. The average Bonchev–Trinajstić information content (AvgIpc) is 3.11. The molecule has 0 amide bonds. The van der Waals surface area contributed by atoms with E-state index in [2.05, 4.69) is 61.5 Å². The van der Waals surface area contributed by atoms with Crippen molar-refractivity contribution in [2.75, 3.05) is 0 Å². The molecule has 0 radical (unpaired) electrons. The predicted molar refractivity (Wildman–Crippen MR) is 94.7 cm³/mol. The topological polar surface area (TPSA) is 35.1 Å². The minimum Gasteiger partial charge on any atom is -0.315 e. The maximum absolute atomic E-state index is 4.53. The van der Waals surface area contributed by atoms with E-state index in [1.54, 1.807) is 0 Å². The van der Waals surface area contributed by atoms with Crippen molar-refractivity contribution in [2.45, 2.75) is 6.54 Å². The average molecular weight is 400 g/mol. The lowest BCUT2D eigenvalue weighted by atomic mass is 10.1. The van der Waals surface area contributed by atoms with E-state index in [-0.39, 0.29) is 0 Å². The highest BCUT2D eigenvalue weighted by atomic mass is 127. The Balaban J connectivity index is 1.90. The maximum atomic E-state index is 4.53. The molecule has 0 unspecified atom stereocenters. The van der Waals surface area contributed by atoms with Crippen LogP contribution in [0.5, 0.6) is 0 Å². The lowest BCUT2D eigenvalue weighted by Crippen LogP contribution is -2.02. The number of pyridine rings is 2. The smallest absolute Gasteiger partial charge is 0.123 e. The Labute approximate surface area is 141 Å². The van der Waals surface area contributed by atoms with Crippen LogP contribution in [0.3, 0.4) is 0 Å². The normalized spacial score (nSPS) is 11.1. The first-order valence-electron chi connectivity index (χ1n) is 7.00. The summed E-state index contributed by atoms with van der Waals surface area (Å²) in [7, 11) is 0. The Morgan fingerprint density at radius 3 is 2.68 bits per heavy atom. The second-order valence-electron chi connectivity index (χ2n) is 5.06. The molecule has 4 nitrogen and oxygen atoms in total. The Kier molecular flexibility index (Phi) is 3.42. The first-order valence-corrected chi connectivity index (χ1v) is 8.08. The van der Waals surface area contributed by atoms with E-state index in [1.807, 2.05) is 47.4 Å². The van der Waals surface area contributed by atoms with Gasteiger partial charge in [0.2, 0.25) is 0 Å². The van der Waals surface area contributed by atoms with E-state index < -0.39 is 0 Å². The summed E-state index contributed by atoms with van der Waals surface area (Å²) in [6, 6.07) is 16.4. The van der Waals surface area contributed by atoms with Gasteiger partial charge in [-0.3, -0.25) is 9.67 Å². The fraction of sp³-hybridized carbons (Fsp3) is 0.0588. The number of aromatic nitrogens is 4. The van der Waals surface area contributed by atoms with Gasteiger partial charge >= 0.3 is 0 Å². The molecule has 0 aliphatic carbocycles. The molecule has 0 atom stereocenters. The number of hydrogen-bond donors (Lipinski definition) is 0. The first-order chi connectivity index (χ1) is 10.8. The van der Waals surface area contributed by atoms with Gasteiger partial charge in [-0.05, 0) is 59.0 Å². The second-order valence-corrected chi connectivity index (χ2v) is 6.17. The van der Waals surface area contributed by atoms with Crippen LogP contribution in [0.25, 0.3) is 16.9 Å². The minimum atomic E-state index is 0.733. The highest BCUT2D eigenvalue weighted by Crippen LogP contribution is 2.26. The number of halogens is 1. The van der Waals surface area contributed by atoms with Crippen LogP contribution in [0.1, 0.15) is 5.56 Å². The fourth-order valence-electron chi connectivity index (χ4n) is 2.69. The van der Waals surface area contributed by atoms with E-state index in [0.717, 1.165) is 21.6 Å². The van der Waals surface area contributed by atoms with Gasteiger partial charge in [0.15, 0.2) is 0 Å². The van der Waals surface area contributed by atoms with E-state index in [4.69, 9.17) is 0 Å². The van der Waals surface area contributed by atoms with Gasteiger partial charge in [0.1, 0.15) is 3.70 Å². The SMILES string of the molecule is Ic1ccn(Cc2cc3ccccn3c2-c2ccccn2)n1. The second kappa shape index (κ2) is 5.57. The van der Waals surface area contributed by atoms with Crippen LogP contribution < -0.4 is 0 Å². The molecule has 22 heavy (non-hydrogen) atoms. The Bertz CT molecular complexity index is 924. The summed E-state index contributed by atoms with van der Waals surface area (Å²) < 4.78 is 5.15. The van der Waals surface area contributed by atoms with Crippen LogP contribution in [0.2, 0.25) is 0 Å². The molecule has 0 spiro atoms. The van der Waals surface area contributed by atoms with E-state index >= 15 is 0 Å². The van der Waals surface area contributed by atoms with Crippen LogP contribution in [-0.4, -0.2) is 19.2 Å². The van der Waals surface area contributed by atoms with Gasteiger partial charge in [0, 0.05) is 29.7 Å². The summed E-state index contributed by atoms with van der Waals surface area (Å²) in [4.78, 5) is 4.53. The third kappa shape index (κ3) is 2.41. The van der Waals surface area contributed by atoms with Crippen molar-refractivity contribution >= 4 is 28.1 Å². The van der Waals surface area contributed by atoms with Gasteiger partial charge in [0.05, 0.1) is 17.9 Å². The van der Waals surface area contributed by atoms with Crippen molar-refractivity contribution in [3.63, 3.8) is 0 Å². The standard InChI is InChI=1S/C17H13IN4/c18-16-7-10-21(20-16)12-13-11-14-5-2-4-9-22(14)17(13)15-6-1-3-8-19-15/h1-11H,12H2. The van der Waals surface area contributed by atoms with E-state index in [1.165, 1.54) is 11.1 Å². The Morgan fingerprint density at radius 1 is 1.00 bits per heavy atom. The van der Waals surface area contributed by atoms with Gasteiger partial charge in [-0.15, -0.1) is 0 Å². The summed E-state index contributed by atoms with van der Waals surface area (Å²) in [6.07, 6.45) is 5.92. The molecule has 0 saturated heterocycles. The summed E-state index contributed by atoms with van der Waals surface area (Å²) in [5, 5.41) is 4.48. The van der Waals surface area contributed by atoms with Crippen LogP contribution in [-0.2, 0) is 6.54 Å². The summed E-state index contributed by atoms with van der Waals surface area (Å²) in [5.41, 5.74) is 4.48. The zero-order chi connectivity index (χ0) is 14.9. The summed E-state index contributed by atoms with van der Waals surface area (Å²) >= 11 is 2.23. The molecule has 4 aromatic rings. The Morgan fingerprint density at radius 2 is 1.91 bits per heavy atom. The molecule has 0 saturated carbocycles. The monoisotopic (exact) mass is 400 g/mol. The molecule has 0 bridgehead atoms. The van der Waals surface area contributed by atoms with Crippen LogP contribution in [0.4, 0.5) is 0 Å². The highest BCUT2D eigenvalue weighted by molar-refractivity contribution is 14.1. The largest absolute Gasteiger partial charge is 0.315 e. The van der Waals surface area contributed by atoms with Crippen LogP contribution in [0, 0.1) is 3.70 Å². The molecule has 0 aliphatic heterocycles. The minimum absolute atomic E-state index is 0.733. The zero-order valence-corrected chi connectivity index (χ0v) is 13.9. The fourth-order valence-corrected chi connectivity index (χ4v) is 3.13. The predicted octanol–water partition coefficient (Wildman–Crippen LogP) is 3.85. The molecular formula is C17H13IN4. The van der Waals surface area contributed by atoms with Crippen LogP contribution in [0.15, 0.2) is 67.1 Å². The van der Waals surface area contributed by atoms with Crippen molar-refractivity contribution in [1.29, 1.82) is 0 Å². The highest BCUT2D eigenvalue weighted by Gasteiger charge is 2.13. The lowest BCUT2D eigenvalue weighted by Gasteiger charge is -2.06. The first kappa shape index (κ1) is 13.5. The maximum Gasteiger partial charge on any atom is 0.123 e. The van der Waals surface area contributed by atoms with Gasteiger partial charge in [-0.25, -0.2) is 0 Å². The van der Waals surface area contributed by atoms with Crippen molar-refractivity contribution in [2.24, 2.45) is 0 Å². The molecular weight excluding hydrogens is 387 g/mol. The molecule has 0 N–H and O–H groups in total. The van der Waals surface area contributed by atoms with E-state index in [9.17, 15) is 0 Å². The Hall–Kier alpha value is -2.15. The molecule has 0 aliphatic rings. The molecule has 4 heterocycles. The van der Waals surface area contributed by atoms with Crippen molar-refractivity contribution < 1.29 is 0 Å². The van der Waals surface area contributed by atoms with Crippen molar-refractivity contribution in [1.82, 2.24) is 19.2 Å². The number of rotatable bonds is 3. The van der Waals surface area contributed by atoms with Gasteiger partial charge in [0.25, 0.3) is 0 Å². The third-order valence-corrected chi connectivity index (χ3v) is 4.18. The molecule has 4 rings (SSSR count). The molecule has 4 aromatic heterocycles. The number of hydrogen-bond acceptors (Lipinski definition) is 2. The van der Waals surface area contributed by atoms with Gasteiger partial charge < -0.3 is 4.40 Å². The zero-order valence-electron chi connectivity index (χ0n) is 11.7.